The van der Waals surface area contributed by atoms with Crippen LogP contribution >= 0.6 is 11.5 Å². The van der Waals surface area contributed by atoms with Crippen molar-refractivity contribution in [1.82, 2.24) is 20.1 Å². The van der Waals surface area contributed by atoms with Crippen molar-refractivity contribution in [3.05, 3.63) is 12.2 Å². The average molecular weight is 255 g/mol. The lowest BCUT2D eigenvalue weighted by atomic mass is 10.1. The van der Waals surface area contributed by atoms with Gasteiger partial charge in [-0.1, -0.05) is 21.7 Å². The van der Waals surface area contributed by atoms with E-state index in [1.54, 1.807) is 12.2 Å². The molecule has 2 unspecified atom stereocenters. The molecule has 1 aromatic rings. The number of nitrogens with zero attached hydrogens (tertiary/aromatic N) is 3. The Morgan fingerprint density at radius 2 is 2.29 bits per heavy atom. The van der Waals surface area contributed by atoms with Gasteiger partial charge in [0.25, 0.3) is 0 Å². The van der Waals surface area contributed by atoms with Crippen molar-refractivity contribution in [1.29, 1.82) is 0 Å². The van der Waals surface area contributed by atoms with E-state index in [2.05, 4.69) is 25.4 Å². The van der Waals surface area contributed by atoms with Gasteiger partial charge in [-0.3, -0.25) is 10.1 Å². The first kappa shape index (κ1) is 11.5. The molecule has 1 aromatic heterocycles. The second-order valence-electron chi connectivity index (χ2n) is 3.44. The normalized spacial score (nSPS) is 22.4. The Balaban J connectivity index is 1.81. The first-order valence-electron chi connectivity index (χ1n) is 4.79. The summed E-state index contributed by atoms with van der Waals surface area (Å²) in [5, 5.41) is 21.0. The lowest BCUT2D eigenvalue weighted by Crippen LogP contribution is -2.36. The van der Waals surface area contributed by atoms with Gasteiger partial charge in [0.2, 0.25) is 5.13 Å². The van der Waals surface area contributed by atoms with Crippen LogP contribution in [-0.4, -0.2) is 37.9 Å². The number of carbonyl (C=O) groups is 2. The van der Waals surface area contributed by atoms with Gasteiger partial charge in [0.05, 0.1) is 12.0 Å². The van der Waals surface area contributed by atoms with Gasteiger partial charge < -0.3 is 10.4 Å². The third kappa shape index (κ3) is 2.97. The Morgan fingerprint density at radius 3 is 2.88 bits per heavy atom. The molecule has 0 aliphatic heterocycles. The van der Waals surface area contributed by atoms with E-state index in [9.17, 15) is 9.59 Å². The van der Waals surface area contributed by atoms with Crippen molar-refractivity contribution >= 4 is 28.7 Å². The molecule has 0 fully saturated rings. The highest BCUT2D eigenvalue weighted by Gasteiger charge is 2.25. The van der Waals surface area contributed by atoms with Crippen LogP contribution in [0.15, 0.2) is 12.2 Å². The fraction of sp³-hybridized carbons (Fsp3) is 0.375. The predicted octanol–water partition coefficient (Wildman–Crippen LogP) is 0.0839. The number of carbonyl (C=O) groups excluding carboxylic acids is 1. The van der Waals surface area contributed by atoms with E-state index in [4.69, 9.17) is 5.11 Å². The molecule has 2 rings (SSSR count). The van der Waals surface area contributed by atoms with E-state index in [0.717, 1.165) is 11.5 Å². The highest BCUT2D eigenvalue weighted by Crippen LogP contribution is 2.18. The second-order valence-corrected chi connectivity index (χ2v) is 4.17. The van der Waals surface area contributed by atoms with Crippen LogP contribution in [0.3, 0.4) is 0 Å². The maximum Gasteiger partial charge on any atom is 0.321 e. The van der Waals surface area contributed by atoms with E-state index in [1.165, 1.54) is 0 Å². The molecular formula is C8H9N5O3S. The number of hydrogen-bond donors (Lipinski definition) is 3. The lowest BCUT2D eigenvalue weighted by Gasteiger charge is -2.11. The van der Waals surface area contributed by atoms with Crippen molar-refractivity contribution in [3.8, 4) is 0 Å². The molecule has 9 heteroatoms. The molecule has 0 saturated heterocycles. The molecule has 1 aliphatic rings. The third-order valence-electron chi connectivity index (χ3n) is 2.24. The number of urea groups is 1. The van der Waals surface area contributed by atoms with E-state index in [1.807, 2.05) is 0 Å². The van der Waals surface area contributed by atoms with Gasteiger partial charge in [-0.15, -0.1) is 0 Å². The number of hydrogen-bond acceptors (Lipinski definition) is 6. The van der Waals surface area contributed by atoms with Gasteiger partial charge in [0, 0.05) is 11.5 Å². The molecule has 2 atom stereocenters. The molecule has 90 valence electrons. The Bertz CT molecular complexity index is 446. The maximum absolute atomic E-state index is 11.5. The van der Waals surface area contributed by atoms with Crippen LogP contribution in [-0.2, 0) is 4.79 Å². The monoisotopic (exact) mass is 255 g/mol. The SMILES string of the molecule is O=C(Nc1nnns1)NC1C=CC(C(=O)O)C1. The van der Waals surface area contributed by atoms with Gasteiger partial charge >= 0.3 is 12.0 Å². The number of aromatic nitrogens is 3. The molecule has 0 bridgehead atoms. The average Bonchev–Trinajstić information content (AvgIpc) is 2.88. The number of rotatable bonds is 3. The summed E-state index contributed by atoms with van der Waals surface area (Å²) in [6.07, 6.45) is 3.59. The summed E-state index contributed by atoms with van der Waals surface area (Å²) in [4.78, 5) is 22.1. The van der Waals surface area contributed by atoms with E-state index in [-0.39, 0.29) is 6.04 Å². The van der Waals surface area contributed by atoms with Crippen LogP contribution in [0.4, 0.5) is 9.93 Å². The zero-order chi connectivity index (χ0) is 12.3. The summed E-state index contributed by atoms with van der Waals surface area (Å²) >= 11 is 0.958. The zero-order valence-corrected chi connectivity index (χ0v) is 9.35. The number of amides is 2. The zero-order valence-electron chi connectivity index (χ0n) is 8.53. The number of anilines is 1. The molecule has 8 nitrogen and oxygen atoms in total. The van der Waals surface area contributed by atoms with Gasteiger partial charge in [-0.2, -0.15) is 0 Å². The Labute approximate surface area is 99.9 Å². The first-order chi connectivity index (χ1) is 8.15. The summed E-state index contributed by atoms with van der Waals surface area (Å²) in [6, 6.07) is -0.735. The van der Waals surface area contributed by atoms with Gasteiger partial charge in [0.1, 0.15) is 0 Å². The van der Waals surface area contributed by atoms with E-state index in [0.29, 0.717) is 11.6 Å². The maximum atomic E-state index is 11.5. The Hall–Kier alpha value is -2.03. The summed E-state index contributed by atoms with van der Waals surface area (Å²) < 4.78 is 3.49. The minimum absolute atomic E-state index is 0.281. The molecule has 2 amide bonds. The fourth-order valence-electron chi connectivity index (χ4n) is 1.47. The highest BCUT2D eigenvalue weighted by molar-refractivity contribution is 7.09. The number of carboxylic acids is 1. The first-order valence-corrected chi connectivity index (χ1v) is 5.56. The summed E-state index contributed by atoms with van der Waals surface area (Å²) in [6.45, 7) is 0. The molecule has 1 aliphatic carbocycles. The van der Waals surface area contributed by atoms with Crippen LogP contribution in [0.2, 0.25) is 0 Å². The van der Waals surface area contributed by atoms with Crippen LogP contribution in [0, 0.1) is 5.92 Å². The van der Waals surface area contributed by atoms with Crippen molar-refractivity contribution in [2.45, 2.75) is 12.5 Å². The quantitative estimate of drug-likeness (QED) is 0.658. The van der Waals surface area contributed by atoms with Crippen molar-refractivity contribution in [2.75, 3.05) is 5.32 Å². The molecule has 0 radical (unpaired) electrons. The largest absolute Gasteiger partial charge is 0.481 e. The van der Waals surface area contributed by atoms with Crippen molar-refractivity contribution in [3.63, 3.8) is 0 Å². The Kier molecular flexibility index (Phi) is 3.28. The van der Waals surface area contributed by atoms with Crippen LogP contribution in [0.25, 0.3) is 0 Å². The van der Waals surface area contributed by atoms with Crippen LogP contribution in [0.5, 0.6) is 0 Å². The minimum Gasteiger partial charge on any atom is -0.481 e. The van der Waals surface area contributed by atoms with Crippen LogP contribution in [0.1, 0.15) is 6.42 Å². The fourth-order valence-corrected chi connectivity index (χ4v) is 1.83. The molecular weight excluding hydrogens is 246 g/mol. The number of nitrogens with one attached hydrogen (secondary N) is 2. The summed E-state index contributed by atoms with van der Waals surface area (Å²) in [5.74, 6) is -1.43. The standard InChI is InChI=1S/C8H9N5O3S/c14-6(15)4-1-2-5(3-4)9-7(16)10-8-11-12-13-17-8/h1-2,4-5H,3H2,(H,14,15)(H2,9,10,11,13,16). The highest BCUT2D eigenvalue weighted by atomic mass is 32.1. The number of carboxylic acid groups (broad SMARTS) is 1. The third-order valence-corrected chi connectivity index (χ3v) is 2.75. The molecule has 0 aromatic carbocycles. The molecule has 0 spiro atoms. The molecule has 0 saturated carbocycles. The second kappa shape index (κ2) is 4.87. The molecule has 3 N–H and O–H groups in total. The van der Waals surface area contributed by atoms with Gasteiger partial charge in [-0.25, -0.2) is 4.79 Å². The topological polar surface area (TPSA) is 117 Å². The van der Waals surface area contributed by atoms with E-state index < -0.39 is 17.9 Å². The summed E-state index contributed by atoms with van der Waals surface area (Å²) in [5.41, 5.74) is 0. The smallest absolute Gasteiger partial charge is 0.321 e. The van der Waals surface area contributed by atoms with Crippen molar-refractivity contribution < 1.29 is 14.7 Å². The molecule has 17 heavy (non-hydrogen) atoms. The number of aliphatic carboxylic acids is 1. The van der Waals surface area contributed by atoms with Gasteiger partial charge in [0.15, 0.2) is 0 Å². The van der Waals surface area contributed by atoms with Crippen LogP contribution < -0.4 is 10.6 Å². The van der Waals surface area contributed by atoms with E-state index >= 15 is 0 Å². The van der Waals surface area contributed by atoms with Gasteiger partial charge in [-0.05, 0) is 11.6 Å². The lowest BCUT2D eigenvalue weighted by molar-refractivity contribution is -0.140. The Morgan fingerprint density at radius 1 is 1.47 bits per heavy atom. The summed E-state index contributed by atoms with van der Waals surface area (Å²) in [7, 11) is 0. The predicted molar refractivity (Wildman–Crippen MR) is 58.5 cm³/mol. The minimum atomic E-state index is -0.890. The molecule has 1 heterocycles. The van der Waals surface area contributed by atoms with Crippen molar-refractivity contribution in [2.24, 2.45) is 5.92 Å².